The molecule has 2 heterocycles. The molecule has 25 heavy (non-hydrogen) atoms. The van der Waals surface area contributed by atoms with Crippen LogP contribution in [0.15, 0.2) is 12.1 Å². The molecule has 1 fully saturated rings. The number of Topliss-reactive ketones (excluding diaryl/α,β-unsaturated/α-hetero) is 1. The van der Waals surface area contributed by atoms with Crippen LogP contribution in [0.5, 0.6) is 17.2 Å². The van der Waals surface area contributed by atoms with Crippen LogP contribution in [-0.2, 0) is 4.79 Å². The molecule has 1 aromatic rings. The zero-order valence-corrected chi connectivity index (χ0v) is 14.3. The van der Waals surface area contributed by atoms with Gasteiger partial charge in [0.15, 0.2) is 5.78 Å². The van der Waals surface area contributed by atoms with Crippen LogP contribution in [0.25, 0.3) is 0 Å². The van der Waals surface area contributed by atoms with Crippen LogP contribution in [0.3, 0.4) is 0 Å². The van der Waals surface area contributed by atoms with E-state index in [1.165, 1.54) is 7.11 Å². The number of hydrogen-bond acceptors (Lipinski definition) is 6. The quantitative estimate of drug-likeness (QED) is 0.832. The summed E-state index contributed by atoms with van der Waals surface area (Å²) < 4.78 is 16.8. The van der Waals surface area contributed by atoms with E-state index in [-0.39, 0.29) is 24.5 Å². The minimum Gasteiger partial charge on any atom is -0.496 e. The molecule has 3 rings (SSSR count). The number of nitriles is 1. The van der Waals surface area contributed by atoms with E-state index in [1.54, 1.807) is 24.1 Å². The highest BCUT2D eigenvalue weighted by molar-refractivity contribution is 6.03. The maximum Gasteiger partial charge on any atom is 0.236 e. The number of likely N-dealkylation sites (tertiary alicyclic amines) is 1. The van der Waals surface area contributed by atoms with Gasteiger partial charge in [0.1, 0.15) is 34.8 Å². The fraction of sp³-hybridized carbons (Fsp3) is 0.500. The second-order valence-electron chi connectivity index (χ2n) is 6.30. The topological polar surface area (TPSA) is 88.9 Å². The van der Waals surface area contributed by atoms with Gasteiger partial charge in [0.25, 0.3) is 0 Å². The Morgan fingerprint density at radius 2 is 2.04 bits per heavy atom. The van der Waals surface area contributed by atoms with Crippen molar-refractivity contribution in [2.75, 3.05) is 27.3 Å². The van der Waals surface area contributed by atoms with Gasteiger partial charge >= 0.3 is 0 Å². The van der Waals surface area contributed by atoms with Gasteiger partial charge in [-0.05, 0) is 0 Å². The van der Waals surface area contributed by atoms with Crippen molar-refractivity contribution >= 4 is 11.7 Å². The molecule has 132 valence electrons. The van der Waals surface area contributed by atoms with E-state index in [9.17, 15) is 9.59 Å². The van der Waals surface area contributed by atoms with Crippen molar-refractivity contribution in [2.24, 2.45) is 0 Å². The molecule has 0 aromatic heterocycles. The van der Waals surface area contributed by atoms with Gasteiger partial charge in [-0.3, -0.25) is 9.59 Å². The Kier molecular flexibility index (Phi) is 4.53. The zero-order valence-electron chi connectivity index (χ0n) is 14.3. The molecule has 0 unspecified atom stereocenters. The lowest BCUT2D eigenvalue weighted by Gasteiger charge is -2.44. The van der Waals surface area contributed by atoms with Gasteiger partial charge in [-0.15, -0.1) is 0 Å². The SMILES string of the molecule is COc1cc(OC)c2c(c1)OC1(CCN(C(=O)CC#N)CC1)CC2=O. The second kappa shape index (κ2) is 6.63. The first-order chi connectivity index (χ1) is 12.0. The van der Waals surface area contributed by atoms with Gasteiger partial charge in [0, 0.05) is 38.1 Å². The van der Waals surface area contributed by atoms with Crippen LogP contribution < -0.4 is 14.2 Å². The number of piperidine rings is 1. The number of nitrogens with zero attached hydrogens (tertiary/aromatic N) is 2. The lowest BCUT2D eigenvalue weighted by molar-refractivity contribution is -0.133. The summed E-state index contributed by atoms with van der Waals surface area (Å²) in [5.74, 6) is 1.25. The Morgan fingerprint density at radius 1 is 1.32 bits per heavy atom. The third-order valence-corrected chi connectivity index (χ3v) is 4.84. The van der Waals surface area contributed by atoms with Crippen molar-refractivity contribution in [1.82, 2.24) is 4.90 Å². The number of ether oxygens (including phenoxy) is 3. The molecular weight excluding hydrogens is 324 g/mol. The average Bonchev–Trinajstić information content (AvgIpc) is 2.61. The summed E-state index contributed by atoms with van der Waals surface area (Å²) in [6, 6.07) is 5.24. The van der Waals surface area contributed by atoms with E-state index in [0.717, 1.165) is 0 Å². The Morgan fingerprint density at radius 3 is 2.64 bits per heavy atom. The Bertz CT molecular complexity index is 745. The summed E-state index contributed by atoms with van der Waals surface area (Å²) in [6.45, 7) is 0.953. The van der Waals surface area contributed by atoms with Crippen molar-refractivity contribution in [3.63, 3.8) is 0 Å². The number of benzene rings is 1. The number of hydrogen-bond donors (Lipinski definition) is 0. The molecule has 0 aliphatic carbocycles. The number of amides is 1. The standard InChI is InChI=1S/C18H20N2O5/c1-23-12-9-14(24-2)17-13(21)11-18(25-15(17)10-12)4-7-20(8-5-18)16(22)3-6-19/h9-10H,3-5,7-8,11H2,1-2H3. The lowest BCUT2D eigenvalue weighted by atomic mass is 9.82. The van der Waals surface area contributed by atoms with E-state index in [4.69, 9.17) is 19.5 Å². The number of methoxy groups -OCH3 is 2. The van der Waals surface area contributed by atoms with Crippen LogP contribution in [0.1, 0.15) is 36.0 Å². The molecule has 1 aromatic carbocycles. The van der Waals surface area contributed by atoms with Gasteiger partial charge in [-0.25, -0.2) is 0 Å². The van der Waals surface area contributed by atoms with E-state index in [2.05, 4.69) is 0 Å². The maximum absolute atomic E-state index is 12.7. The molecule has 7 nitrogen and oxygen atoms in total. The first kappa shape index (κ1) is 17.1. The van der Waals surface area contributed by atoms with Gasteiger partial charge in [0.2, 0.25) is 5.91 Å². The molecule has 0 saturated carbocycles. The first-order valence-electron chi connectivity index (χ1n) is 8.15. The predicted molar refractivity (Wildman–Crippen MR) is 87.9 cm³/mol. The summed E-state index contributed by atoms with van der Waals surface area (Å²) >= 11 is 0. The molecule has 7 heteroatoms. The summed E-state index contributed by atoms with van der Waals surface area (Å²) in [4.78, 5) is 26.3. The largest absolute Gasteiger partial charge is 0.496 e. The van der Waals surface area contributed by atoms with Crippen molar-refractivity contribution in [3.05, 3.63) is 17.7 Å². The number of carbonyl (C=O) groups is 2. The molecule has 1 spiro atoms. The second-order valence-corrected chi connectivity index (χ2v) is 6.30. The average molecular weight is 344 g/mol. The van der Waals surface area contributed by atoms with Crippen LogP contribution in [-0.4, -0.2) is 49.5 Å². The monoisotopic (exact) mass is 344 g/mol. The minimum absolute atomic E-state index is 0.0300. The predicted octanol–water partition coefficient (Wildman–Crippen LogP) is 1.94. The number of carbonyl (C=O) groups excluding carboxylic acids is 2. The third-order valence-electron chi connectivity index (χ3n) is 4.84. The van der Waals surface area contributed by atoms with Crippen molar-refractivity contribution in [3.8, 4) is 23.3 Å². The molecule has 0 bridgehead atoms. The smallest absolute Gasteiger partial charge is 0.236 e. The Hall–Kier alpha value is -2.75. The van der Waals surface area contributed by atoms with Gasteiger partial charge in [0.05, 0.1) is 26.7 Å². The fourth-order valence-corrected chi connectivity index (χ4v) is 3.47. The lowest BCUT2D eigenvalue weighted by Crippen LogP contribution is -2.52. The van der Waals surface area contributed by atoms with Crippen molar-refractivity contribution < 1.29 is 23.8 Å². The molecular formula is C18H20N2O5. The van der Waals surface area contributed by atoms with E-state index < -0.39 is 5.60 Å². The highest BCUT2D eigenvalue weighted by atomic mass is 16.5. The van der Waals surface area contributed by atoms with Gasteiger partial charge in [-0.2, -0.15) is 5.26 Å². The molecule has 2 aliphatic heterocycles. The highest BCUT2D eigenvalue weighted by Gasteiger charge is 2.44. The van der Waals surface area contributed by atoms with Crippen LogP contribution in [0.2, 0.25) is 0 Å². The molecule has 1 amide bonds. The number of fused-ring (bicyclic) bond motifs is 1. The summed E-state index contributed by atoms with van der Waals surface area (Å²) in [7, 11) is 3.05. The number of ketones is 1. The van der Waals surface area contributed by atoms with E-state index in [1.807, 2.05) is 6.07 Å². The third kappa shape index (κ3) is 3.12. The molecule has 0 radical (unpaired) electrons. The van der Waals surface area contributed by atoms with E-state index >= 15 is 0 Å². The fourth-order valence-electron chi connectivity index (χ4n) is 3.47. The summed E-state index contributed by atoms with van der Waals surface area (Å²) in [5.41, 5.74) is -0.179. The van der Waals surface area contributed by atoms with Crippen LogP contribution in [0.4, 0.5) is 0 Å². The van der Waals surface area contributed by atoms with E-state index in [0.29, 0.717) is 48.7 Å². The Labute approximate surface area is 146 Å². The summed E-state index contributed by atoms with van der Waals surface area (Å²) in [5, 5.41) is 8.66. The van der Waals surface area contributed by atoms with Crippen LogP contribution >= 0.6 is 0 Å². The van der Waals surface area contributed by atoms with Gasteiger partial charge in [-0.1, -0.05) is 0 Å². The Balaban J connectivity index is 1.84. The highest BCUT2D eigenvalue weighted by Crippen LogP contribution is 2.44. The maximum atomic E-state index is 12.7. The molecule has 1 saturated heterocycles. The molecule has 2 aliphatic rings. The van der Waals surface area contributed by atoms with Crippen LogP contribution in [0, 0.1) is 11.3 Å². The number of rotatable bonds is 3. The van der Waals surface area contributed by atoms with Gasteiger partial charge < -0.3 is 19.1 Å². The van der Waals surface area contributed by atoms with Crippen molar-refractivity contribution in [1.29, 1.82) is 5.26 Å². The van der Waals surface area contributed by atoms with Crippen molar-refractivity contribution in [2.45, 2.75) is 31.3 Å². The molecule has 0 N–H and O–H groups in total. The summed E-state index contributed by atoms with van der Waals surface area (Å²) in [6.07, 6.45) is 1.23. The minimum atomic E-state index is -0.620. The zero-order chi connectivity index (χ0) is 18.0. The first-order valence-corrected chi connectivity index (χ1v) is 8.15. The molecule has 0 atom stereocenters. The normalized spacial score (nSPS) is 18.1.